The minimum absolute atomic E-state index is 0.0729. The van der Waals surface area contributed by atoms with Crippen molar-refractivity contribution < 1.29 is 14.6 Å². The van der Waals surface area contributed by atoms with E-state index in [1.807, 2.05) is 12.1 Å². The number of nitrogens with zero attached hydrogens (tertiary/aromatic N) is 2. The number of carboxylic acids is 1. The number of ether oxygens (including phenoxy) is 1. The molecule has 0 spiro atoms. The van der Waals surface area contributed by atoms with Crippen LogP contribution in [-0.4, -0.2) is 11.1 Å². The molecule has 0 unspecified atom stereocenters. The lowest BCUT2D eigenvalue weighted by atomic mass is 10.1. The highest BCUT2D eigenvalue weighted by atomic mass is 35.5. The fourth-order valence-electron chi connectivity index (χ4n) is 1.79. The summed E-state index contributed by atoms with van der Waals surface area (Å²) in [5.41, 5.74) is 0.990. The normalized spacial score (nSPS) is 9.59. The molecule has 0 saturated carbocycles. The van der Waals surface area contributed by atoms with Crippen LogP contribution in [0.2, 0.25) is 5.02 Å². The summed E-state index contributed by atoms with van der Waals surface area (Å²) >= 11 is 6.02. The van der Waals surface area contributed by atoms with Crippen molar-refractivity contribution in [3.63, 3.8) is 0 Å². The molecule has 108 valence electrons. The first-order valence-corrected chi connectivity index (χ1v) is 6.53. The SMILES string of the molecule is N#Cc1cc(Cl)c(Oc2ccc(CC(=O)O)cc2)cc1C#N. The van der Waals surface area contributed by atoms with Gasteiger partial charge in [-0.2, -0.15) is 10.5 Å². The molecule has 0 aliphatic carbocycles. The Balaban J connectivity index is 2.26. The Morgan fingerprint density at radius 3 is 2.27 bits per heavy atom. The fourth-order valence-corrected chi connectivity index (χ4v) is 2.00. The summed E-state index contributed by atoms with van der Waals surface area (Å²) < 4.78 is 5.57. The summed E-state index contributed by atoms with van der Waals surface area (Å²) in [6.45, 7) is 0. The number of carboxylic acid groups (broad SMARTS) is 1. The van der Waals surface area contributed by atoms with Gasteiger partial charge in [-0.15, -0.1) is 0 Å². The van der Waals surface area contributed by atoms with Crippen molar-refractivity contribution in [1.82, 2.24) is 0 Å². The molecule has 5 nitrogen and oxygen atoms in total. The van der Waals surface area contributed by atoms with Gasteiger partial charge in [-0.25, -0.2) is 0 Å². The maximum Gasteiger partial charge on any atom is 0.307 e. The van der Waals surface area contributed by atoms with Crippen molar-refractivity contribution in [2.24, 2.45) is 0 Å². The van der Waals surface area contributed by atoms with Crippen LogP contribution in [0.4, 0.5) is 0 Å². The largest absolute Gasteiger partial charge is 0.481 e. The van der Waals surface area contributed by atoms with E-state index in [2.05, 4.69) is 0 Å². The predicted molar refractivity (Wildman–Crippen MR) is 78.7 cm³/mol. The zero-order chi connectivity index (χ0) is 16.1. The maximum atomic E-state index is 10.6. The van der Waals surface area contributed by atoms with Gasteiger partial charge in [0.25, 0.3) is 0 Å². The third-order valence-corrected chi connectivity index (χ3v) is 3.11. The van der Waals surface area contributed by atoms with Gasteiger partial charge in [0.1, 0.15) is 23.6 Å². The molecule has 2 rings (SSSR count). The summed E-state index contributed by atoms with van der Waals surface area (Å²) in [5.74, 6) is -0.213. The van der Waals surface area contributed by atoms with Gasteiger partial charge in [-0.3, -0.25) is 4.79 Å². The molecule has 0 aliphatic heterocycles. The van der Waals surface area contributed by atoms with E-state index in [0.29, 0.717) is 11.3 Å². The van der Waals surface area contributed by atoms with Gasteiger partial charge >= 0.3 is 5.97 Å². The van der Waals surface area contributed by atoms with E-state index in [4.69, 9.17) is 32.0 Å². The van der Waals surface area contributed by atoms with Crippen LogP contribution in [0.1, 0.15) is 16.7 Å². The highest BCUT2D eigenvalue weighted by Crippen LogP contribution is 2.32. The van der Waals surface area contributed by atoms with Crippen molar-refractivity contribution >= 4 is 17.6 Å². The van der Waals surface area contributed by atoms with Crippen molar-refractivity contribution in [2.45, 2.75) is 6.42 Å². The highest BCUT2D eigenvalue weighted by molar-refractivity contribution is 6.32. The molecule has 0 heterocycles. The van der Waals surface area contributed by atoms with Crippen LogP contribution in [0.15, 0.2) is 36.4 Å². The van der Waals surface area contributed by atoms with E-state index in [-0.39, 0.29) is 28.3 Å². The number of hydrogen-bond acceptors (Lipinski definition) is 4. The van der Waals surface area contributed by atoms with Crippen LogP contribution >= 0.6 is 11.6 Å². The molecule has 2 aromatic rings. The van der Waals surface area contributed by atoms with E-state index >= 15 is 0 Å². The van der Waals surface area contributed by atoms with Crippen molar-refractivity contribution in [3.8, 4) is 23.6 Å². The Bertz CT molecular complexity index is 802. The molecule has 1 N–H and O–H groups in total. The van der Waals surface area contributed by atoms with Gasteiger partial charge < -0.3 is 9.84 Å². The van der Waals surface area contributed by atoms with E-state index in [0.717, 1.165) is 0 Å². The third kappa shape index (κ3) is 3.54. The lowest BCUT2D eigenvalue weighted by molar-refractivity contribution is -0.136. The van der Waals surface area contributed by atoms with Crippen LogP contribution in [0.25, 0.3) is 0 Å². The van der Waals surface area contributed by atoms with Gasteiger partial charge in [0.15, 0.2) is 0 Å². The number of rotatable bonds is 4. The summed E-state index contributed by atoms with van der Waals surface area (Å²) in [6.07, 6.45) is -0.0729. The zero-order valence-electron chi connectivity index (χ0n) is 11.2. The first-order chi connectivity index (χ1) is 10.5. The van der Waals surface area contributed by atoms with Gasteiger partial charge in [-0.05, 0) is 23.8 Å². The van der Waals surface area contributed by atoms with Crippen molar-refractivity contribution in [3.05, 3.63) is 58.1 Å². The molecule has 0 radical (unpaired) electrons. The zero-order valence-corrected chi connectivity index (χ0v) is 12.0. The standard InChI is InChI=1S/C16H9ClN2O3/c17-14-6-11(8-18)12(9-19)7-15(14)22-13-3-1-10(2-4-13)5-16(20)21/h1-4,6-7H,5H2,(H,20,21). The summed E-state index contributed by atoms with van der Waals surface area (Å²) in [6, 6.07) is 13.0. The maximum absolute atomic E-state index is 10.6. The average Bonchev–Trinajstić information content (AvgIpc) is 2.50. The molecular formula is C16H9ClN2O3. The van der Waals surface area contributed by atoms with Crippen molar-refractivity contribution in [1.29, 1.82) is 10.5 Å². The summed E-state index contributed by atoms with van der Waals surface area (Å²) in [7, 11) is 0. The quantitative estimate of drug-likeness (QED) is 0.932. The predicted octanol–water partition coefficient (Wildman–Crippen LogP) is 3.50. The van der Waals surface area contributed by atoms with Crippen LogP contribution in [0.3, 0.4) is 0 Å². The molecular weight excluding hydrogens is 304 g/mol. The van der Waals surface area contributed by atoms with Crippen LogP contribution in [-0.2, 0) is 11.2 Å². The number of halogens is 1. The molecule has 0 atom stereocenters. The summed E-state index contributed by atoms with van der Waals surface area (Å²) in [4.78, 5) is 10.6. The second-order valence-corrected chi connectivity index (χ2v) is 4.78. The molecule has 0 aliphatic rings. The molecule has 0 fully saturated rings. The molecule has 22 heavy (non-hydrogen) atoms. The first kappa shape index (κ1) is 15.4. The smallest absolute Gasteiger partial charge is 0.307 e. The monoisotopic (exact) mass is 312 g/mol. The minimum Gasteiger partial charge on any atom is -0.481 e. The second-order valence-electron chi connectivity index (χ2n) is 4.37. The van der Waals surface area contributed by atoms with Crippen LogP contribution < -0.4 is 4.74 Å². The summed E-state index contributed by atoms with van der Waals surface area (Å²) in [5, 5.41) is 26.8. The fraction of sp³-hybridized carbons (Fsp3) is 0.0625. The molecule has 2 aromatic carbocycles. The lowest BCUT2D eigenvalue weighted by Crippen LogP contribution is -1.99. The lowest BCUT2D eigenvalue weighted by Gasteiger charge is -2.09. The van der Waals surface area contributed by atoms with E-state index in [1.165, 1.54) is 12.1 Å². The Morgan fingerprint density at radius 2 is 1.73 bits per heavy atom. The van der Waals surface area contributed by atoms with Gasteiger partial charge in [0.05, 0.1) is 22.6 Å². The number of carbonyl (C=O) groups is 1. The first-order valence-electron chi connectivity index (χ1n) is 6.16. The van der Waals surface area contributed by atoms with Crippen molar-refractivity contribution in [2.75, 3.05) is 0 Å². The second kappa shape index (κ2) is 6.62. The molecule has 0 bridgehead atoms. The third-order valence-electron chi connectivity index (χ3n) is 2.82. The Morgan fingerprint density at radius 1 is 1.14 bits per heavy atom. The van der Waals surface area contributed by atoms with Gasteiger partial charge in [0.2, 0.25) is 0 Å². The molecule has 6 heteroatoms. The minimum atomic E-state index is -0.914. The molecule has 0 amide bonds. The Kier molecular flexibility index (Phi) is 4.63. The van der Waals surface area contributed by atoms with E-state index < -0.39 is 5.97 Å². The van der Waals surface area contributed by atoms with E-state index in [1.54, 1.807) is 24.3 Å². The Labute approximate surface area is 131 Å². The number of benzene rings is 2. The van der Waals surface area contributed by atoms with Gasteiger partial charge in [0, 0.05) is 6.07 Å². The topological polar surface area (TPSA) is 94.1 Å². The highest BCUT2D eigenvalue weighted by Gasteiger charge is 2.10. The van der Waals surface area contributed by atoms with Crippen LogP contribution in [0, 0.1) is 22.7 Å². The van der Waals surface area contributed by atoms with Crippen LogP contribution in [0.5, 0.6) is 11.5 Å². The van der Waals surface area contributed by atoms with Gasteiger partial charge in [-0.1, -0.05) is 23.7 Å². The average molecular weight is 313 g/mol. The molecule has 0 aromatic heterocycles. The molecule has 0 saturated heterocycles. The number of hydrogen-bond donors (Lipinski definition) is 1. The Hall–Kier alpha value is -3.02. The number of aliphatic carboxylic acids is 1. The van der Waals surface area contributed by atoms with E-state index in [9.17, 15) is 4.79 Å². The number of nitriles is 2.